The quantitative estimate of drug-likeness (QED) is 0.282. The van der Waals surface area contributed by atoms with Crippen LogP contribution >= 0.6 is 0 Å². The van der Waals surface area contributed by atoms with Crippen molar-refractivity contribution < 1.29 is 4.79 Å². The average Bonchev–Trinajstić information content (AvgIpc) is 3.50. The van der Waals surface area contributed by atoms with Gasteiger partial charge in [-0.05, 0) is 60.4 Å². The summed E-state index contributed by atoms with van der Waals surface area (Å²) >= 11 is 0. The first-order valence-corrected chi connectivity index (χ1v) is 13.1. The van der Waals surface area contributed by atoms with Gasteiger partial charge in [-0.1, -0.05) is 74.5 Å². The lowest BCUT2D eigenvalue weighted by molar-refractivity contribution is 0.194. The maximum atomic E-state index is 14.0. The highest BCUT2D eigenvalue weighted by atomic mass is 16.2. The summed E-state index contributed by atoms with van der Waals surface area (Å²) in [5.41, 5.74) is 7.03. The van der Waals surface area contributed by atoms with E-state index in [1.807, 2.05) is 71.1 Å². The van der Waals surface area contributed by atoms with Gasteiger partial charge in [0.15, 0.2) is 0 Å². The molecule has 0 spiro atoms. The number of urea groups is 1. The Hall–Kier alpha value is -4.58. The minimum atomic E-state index is -0.286. The molecule has 38 heavy (non-hydrogen) atoms. The van der Waals surface area contributed by atoms with E-state index in [0.717, 1.165) is 39.7 Å². The van der Waals surface area contributed by atoms with Crippen LogP contribution < -0.4 is 5.32 Å². The summed E-state index contributed by atoms with van der Waals surface area (Å²) in [7, 11) is 0. The fourth-order valence-electron chi connectivity index (χ4n) is 5.28. The molecule has 0 bridgehead atoms. The fourth-order valence-corrected chi connectivity index (χ4v) is 5.28. The second-order valence-electron chi connectivity index (χ2n) is 10.1. The van der Waals surface area contributed by atoms with Gasteiger partial charge in [-0.25, -0.2) is 9.48 Å². The zero-order valence-corrected chi connectivity index (χ0v) is 21.9. The molecule has 6 rings (SSSR count). The lowest BCUT2D eigenvalue weighted by Crippen LogP contribution is -2.38. The lowest BCUT2D eigenvalue weighted by atomic mass is 9.97. The normalized spacial score (nSPS) is 14.6. The van der Waals surface area contributed by atoms with Crippen LogP contribution in [0.1, 0.15) is 53.9 Å². The monoisotopic (exact) mass is 501 g/mol. The van der Waals surface area contributed by atoms with Crippen LogP contribution in [-0.2, 0) is 6.54 Å². The van der Waals surface area contributed by atoms with Crippen LogP contribution in [-0.4, -0.2) is 25.3 Å². The Morgan fingerprint density at radius 3 is 2.26 bits per heavy atom. The van der Waals surface area contributed by atoms with Crippen LogP contribution in [0.15, 0.2) is 103 Å². The summed E-state index contributed by atoms with van der Waals surface area (Å²) in [6.45, 7) is 6.83. The molecule has 0 saturated heterocycles. The Balaban J connectivity index is 1.53. The molecule has 1 atom stereocenters. The van der Waals surface area contributed by atoms with Crippen molar-refractivity contribution in [2.24, 2.45) is 0 Å². The SMILES string of the molecule is Cc1nn(-c2ccccc2)c2c1CN(C(=O)Nc1ccccc1)C(c1ccc(C(C)C)cc1)c1cccn1-2. The van der Waals surface area contributed by atoms with Crippen LogP contribution in [0.4, 0.5) is 10.5 Å². The number of hydrogen-bond donors (Lipinski definition) is 1. The Morgan fingerprint density at radius 2 is 1.58 bits per heavy atom. The molecule has 0 saturated carbocycles. The van der Waals surface area contributed by atoms with Gasteiger partial charge in [0.2, 0.25) is 0 Å². The zero-order valence-electron chi connectivity index (χ0n) is 21.9. The van der Waals surface area contributed by atoms with Gasteiger partial charge in [-0.2, -0.15) is 5.10 Å². The van der Waals surface area contributed by atoms with E-state index >= 15 is 0 Å². The maximum Gasteiger partial charge on any atom is 0.322 e. The first kappa shape index (κ1) is 23.8. The summed E-state index contributed by atoms with van der Waals surface area (Å²) in [4.78, 5) is 15.9. The van der Waals surface area contributed by atoms with Gasteiger partial charge in [-0.3, -0.25) is 0 Å². The molecule has 1 aliphatic heterocycles. The van der Waals surface area contributed by atoms with Gasteiger partial charge < -0.3 is 14.8 Å². The molecule has 1 aliphatic rings. The summed E-state index contributed by atoms with van der Waals surface area (Å²) in [5.74, 6) is 1.40. The van der Waals surface area contributed by atoms with Crippen molar-refractivity contribution >= 4 is 11.7 Å². The van der Waals surface area contributed by atoms with Crippen LogP contribution in [0, 0.1) is 6.92 Å². The molecular weight excluding hydrogens is 470 g/mol. The van der Waals surface area contributed by atoms with Gasteiger partial charge in [0.05, 0.1) is 29.7 Å². The summed E-state index contributed by atoms with van der Waals surface area (Å²) in [5, 5.41) is 8.06. The number of para-hydroxylation sites is 2. The molecule has 190 valence electrons. The van der Waals surface area contributed by atoms with E-state index in [4.69, 9.17) is 5.10 Å². The van der Waals surface area contributed by atoms with E-state index in [1.54, 1.807) is 0 Å². The average molecular weight is 502 g/mol. The van der Waals surface area contributed by atoms with Crippen LogP contribution in [0.5, 0.6) is 0 Å². The molecular formula is C32H31N5O. The Labute approximate surface area is 223 Å². The van der Waals surface area contributed by atoms with E-state index in [2.05, 4.69) is 72.4 Å². The smallest absolute Gasteiger partial charge is 0.308 e. The van der Waals surface area contributed by atoms with Crippen molar-refractivity contribution in [3.63, 3.8) is 0 Å². The largest absolute Gasteiger partial charge is 0.322 e. The standard InChI is InChI=1S/C32H31N5O/c1-22(2)24-16-18-25(19-17-24)30-29-15-10-20-35(29)31-28(23(3)34-37(31)27-13-8-5-9-14-27)21-36(30)32(38)33-26-11-6-4-7-12-26/h4-20,22,30H,21H2,1-3H3,(H,33,38). The van der Waals surface area contributed by atoms with Gasteiger partial charge >= 0.3 is 6.03 Å². The van der Waals surface area contributed by atoms with Gasteiger partial charge in [0.1, 0.15) is 5.82 Å². The molecule has 6 nitrogen and oxygen atoms in total. The number of aryl methyl sites for hydroxylation is 1. The minimum Gasteiger partial charge on any atom is -0.308 e. The summed E-state index contributed by atoms with van der Waals surface area (Å²) in [6, 6.07) is 32.2. The highest BCUT2D eigenvalue weighted by Crippen LogP contribution is 2.39. The second kappa shape index (κ2) is 9.71. The predicted molar refractivity (Wildman–Crippen MR) is 151 cm³/mol. The van der Waals surface area contributed by atoms with Crippen molar-refractivity contribution in [3.05, 3.63) is 131 Å². The molecule has 1 unspecified atom stereocenters. The molecule has 1 N–H and O–H groups in total. The number of nitrogens with one attached hydrogen (secondary N) is 1. The fraction of sp³-hybridized carbons (Fsp3) is 0.188. The van der Waals surface area contributed by atoms with Crippen LogP contribution in [0.3, 0.4) is 0 Å². The summed E-state index contributed by atoms with van der Waals surface area (Å²) in [6.07, 6.45) is 2.07. The number of nitrogens with zero attached hydrogens (tertiary/aromatic N) is 4. The van der Waals surface area contributed by atoms with Crippen LogP contribution in [0.25, 0.3) is 11.5 Å². The molecule has 3 heterocycles. The number of fused-ring (bicyclic) bond motifs is 3. The number of aromatic nitrogens is 3. The Bertz CT molecular complexity index is 1570. The number of anilines is 1. The first-order valence-electron chi connectivity index (χ1n) is 13.1. The molecule has 5 aromatic rings. The third-order valence-corrected chi connectivity index (χ3v) is 7.29. The van der Waals surface area contributed by atoms with E-state index in [1.165, 1.54) is 5.56 Å². The number of rotatable bonds is 4. The zero-order chi connectivity index (χ0) is 26.2. The number of benzene rings is 3. The first-order chi connectivity index (χ1) is 18.5. The molecule has 0 aliphatic carbocycles. The van der Waals surface area contributed by atoms with E-state index in [9.17, 15) is 4.79 Å². The predicted octanol–water partition coefficient (Wildman–Crippen LogP) is 7.23. The van der Waals surface area contributed by atoms with Crippen molar-refractivity contribution in [1.29, 1.82) is 0 Å². The topological polar surface area (TPSA) is 55.1 Å². The van der Waals surface area contributed by atoms with Gasteiger partial charge in [-0.15, -0.1) is 0 Å². The van der Waals surface area contributed by atoms with E-state index < -0.39 is 0 Å². The van der Waals surface area contributed by atoms with Gasteiger partial charge in [0, 0.05) is 17.4 Å². The number of hydrogen-bond acceptors (Lipinski definition) is 2. The Morgan fingerprint density at radius 1 is 0.895 bits per heavy atom. The third kappa shape index (κ3) is 4.18. The minimum absolute atomic E-state index is 0.151. The van der Waals surface area contributed by atoms with E-state index in [0.29, 0.717) is 12.5 Å². The van der Waals surface area contributed by atoms with Crippen molar-refractivity contribution in [1.82, 2.24) is 19.2 Å². The second-order valence-corrected chi connectivity index (χ2v) is 10.1. The summed E-state index contributed by atoms with van der Waals surface area (Å²) < 4.78 is 4.19. The van der Waals surface area contributed by atoms with Crippen LogP contribution in [0.2, 0.25) is 0 Å². The van der Waals surface area contributed by atoms with Crippen molar-refractivity contribution in [3.8, 4) is 11.5 Å². The Kier molecular flexibility index (Phi) is 6.08. The molecule has 2 aromatic heterocycles. The molecule has 0 fully saturated rings. The maximum absolute atomic E-state index is 14.0. The number of carbonyl (C=O) groups excluding carboxylic acids is 1. The van der Waals surface area contributed by atoms with Crippen molar-refractivity contribution in [2.75, 3.05) is 5.32 Å². The molecule has 3 aromatic carbocycles. The number of amides is 2. The highest BCUT2D eigenvalue weighted by Gasteiger charge is 2.36. The third-order valence-electron chi connectivity index (χ3n) is 7.29. The highest BCUT2D eigenvalue weighted by molar-refractivity contribution is 5.90. The van der Waals surface area contributed by atoms with Gasteiger partial charge in [0.25, 0.3) is 0 Å². The molecule has 0 radical (unpaired) electrons. The lowest BCUT2D eigenvalue weighted by Gasteiger charge is -2.31. The number of carbonyl (C=O) groups is 1. The molecule has 6 heteroatoms. The van der Waals surface area contributed by atoms with E-state index in [-0.39, 0.29) is 12.1 Å². The van der Waals surface area contributed by atoms with Crippen molar-refractivity contribution in [2.45, 2.75) is 39.3 Å². The molecule has 2 amide bonds.